The van der Waals surface area contributed by atoms with Crippen molar-refractivity contribution in [3.63, 3.8) is 0 Å². The Morgan fingerprint density at radius 2 is 2.00 bits per heavy atom. The minimum atomic E-state index is -0.191. The summed E-state index contributed by atoms with van der Waals surface area (Å²) in [7, 11) is 0. The minimum Gasteiger partial charge on any atom is -0.392 e. The molecule has 1 rings (SSSR count). The number of rotatable bonds is 2. The van der Waals surface area contributed by atoms with E-state index in [0.717, 1.165) is 17.5 Å². The van der Waals surface area contributed by atoms with Gasteiger partial charge in [0.05, 0.1) is 6.61 Å². The third-order valence-corrected chi connectivity index (χ3v) is 2.03. The van der Waals surface area contributed by atoms with Crippen molar-refractivity contribution >= 4 is 0 Å². The maximum atomic E-state index is 13.0. The molecule has 0 aromatic heterocycles. The summed E-state index contributed by atoms with van der Waals surface area (Å²) in [4.78, 5) is 0. The van der Waals surface area contributed by atoms with Crippen LogP contribution in [0.1, 0.15) is 23.6 Å². The van der Waals surface area contributed by atoms with Crippen LogP contribution in [0.4, 0.5) is 4.39 Å². The van der Waals surface area contributed by atoms with Crippen molar-refractivity contribution in [1.29, 1.82) is 0 Å². The molecule has 0 saturated heterocycles. The highest BCUT2D eigenvalue weighted by atomic mass is 19.1. The number of benzene rings is 1. The fraction of sp³-hybridized carbons (Fsp3) is 0.400. The van der Waals surface area contributed by atoms with Crippen molar-refractivity contribution in [2.45, 2.75) is 26.9 Å². The van der Waals surface area contributed by atoms with Gasteiger partial charge in [-0.2, -0.15) is 0 Å². The molecule has 0 aliphatic rings. The maximum Gasteiger partial charge on any atom is 0.126 e. The molecule has 0 amide bonds. The smallest absolute Gasteiger partial charge is 0.126 e. The van der Waals surface area contributed by atoms with E-state index < -0.39 is 0 Å². The second-order valence-corrected chi connectivity index (χ2v) is 2.88. The van der Waals surface area contributed by atoms with Crippen LogP contribution in [0.2, 0.25) is 0 Å². The second kappa shape index (κ2) is 3.68. The summed E-state index contributed by atoms with van der Waals surface area (Å²) in [5.41, 5.74) is 2.31. The van der Waals surface area contributed by atoms with Gasteiger partial charge in [-0.05, 0) is 36.1 Å². The van der Waals surface area contributed by atoms with Crippen molar-refractivity contribution in [1.82, 2.24) is 0 Å². The van der Waals surface area contributed by atoms with Crippen LogP contribution in [0.5, 0.6) is 0 Å². The summed E-state index contributed by atoms with van der Waals surface area (Å²) in [5.74, 6) is -0.191. The largest absolute Gasteiger partial charge is 0.392 e. The molecule has 0 fully saturated rings. The molecule has 0 saturated carbocycles. The Labute approximate surface area is 71.9 Å². The maximum absolute atomic E-state index is 13.0. The molecule has 0 aliphatic heterocycles. The van der Waals surface area contributed by atoms with Gasteiger partial charge in [0, 0.05) is 0 Å². The van der Waals surface area contributed by atoms with E-state index in [1.54, 1.807) is 13.0 Å². The van der Waals surface area contributed by atoms with Gasteiger partial charge < -0.3 is 5.11 Å². The number of halogens is 1. The zero-order valence-corrected chi connectivity index (χ0v) is 7.39. The van der Waals surface area contributed by atoms with Gasteiger partial charge in [-0.1, -0.05) is 13.0 Å². The molecule has 1 nitrogen and oxygen atoms in total. The molecule has 0 atom stereocenters. The van der Waals surface area contributed by atoms with Crippen LogP contribution >= 0.6 is 0 Å². The number of aliphatic hydroxyl groups is 1. The summed E-state index contributed by atoms with van der Waals surface area (Å²) in [5, 5.41) is 8.94. The van der Waals surface area contributed by atoms with Crippen LogP contribution in [0.15, 0.2) is 12.1 Å². The molecule has 2 heteroatoms. The lowest BCUT2D eigenvalue weighted by Crippen LogP contribution is -1.96. The van der Waals surface area contributed by atoms with Crippen LogP contribution in [0.3, 0.4) is 0 Å². The SMILES string of the molecule is CCc1cc(F)c(C)cc1CO. The van der Waals surface area contributed by atoms with Gasteiger partial charge in [-0.15, -0.1) is 0 Å². The average molecular weight is 168 g/mol. The Kier molecular flexibility index (Phi) is 2.82. The zero-order valence-electron chi connectivity index (χ0n) is 7.39. The Balaban J connectivity index is 3.19. The quantitative estimate of drug-likeness (QED) is 0.717. The predicted octanol–water partition coefficient (Wildman–Crippen LogP) is 2.19. The van der Waals surface area contributed by atoms with Gasteiger partial charge in [0.2, 0.25) is 0 Å². The van der Waals surface area contributed by atoms with Crippen molar-refractivity contribution in [2.24, 2.45) is 0 Å². The highest BCUT2D eigenvalue weighted by Gasteiger charge is 2.04. The number of aliphatic hydroxyl groups excluding tert-OH is 1. The van der Waals surface area contributed by atoms with Gasteiger partial charge in [-0.3, -0.25) is 0 Å². The van der Waals surface area contributed by atoms with Gasteiger partial charge in [-0.25, -0.2) is 4.39 Å². The number of hydrogen-bond donors (Lipinski definition) is 1. The van der Waals surface area contributed by atoms with Crippen molar-refractivity contribution in [3.05, 3.63) is 34.6 Å². The number of aryl methyl sites for hydroxylation is 2. The molecule has 0 radical (unpaired) electrons. The molecule has 0 bridgehead atoms. The average Bonchev–Trinajstić information content (AvgIpc) is 2.09. The van der Waals surface area contributed by atoms with E-state index in [0.29, 0.717) is 5.56 Å². The summed E-state index contributed by atoms with van der Waals surface area (Å²) < 4.78 is 13.0. The van der Waals surface area contributed by atoms with Gasteiger partial charge >= 0.3 is 0 Å². The van der Waals surface area contributed by atoms with E-state index in [1.807, 2.05) is 6.92 Å². The molecule has 1 N–H and O–H groups in total. The van der Waals surface area contributed by atoms with E-state index in [-0.39, 0.29) is 12.4 Å². The van der Waals surface area contributed by atoms with Crippen LogP contribution in [-0.4, -0.2) is 5.11 Å². The molecular weight excluding hydrogens is 155 g/mol. The summed E-state index contributed by atoms with van der Waals surface area (Å²) >= 11 is 0. The molecule has 1 aromatic carbocycles. The minimum absolute atomic E-state index is 0.00963. The summed E-state index contributed by atoms with van der Waals surface area (Å²) in [6, 6.07) is 3.20. The normalized spacial score (nSPS) is 10.3. The van der Waals surface area contributed by atoms with Gasteiger partial charge in [0.25, 0.3) is 0 Å². The third kappa shape index (κ3) is 1.64. The first-order valence-corrected chi connectivity index (χ1v) is 4.07. The lowest BCUT2D eigenvalue weighted by atomic mass is 10.0. The lowest BCUT2D eigenvalue weighted by molar-refractivity contribution is 0.280. The van der Waals surface area contributed by atoms with Crippen LogP contribution in [0.25, 0.3) is 0 Å². The number of hydrogen-bond acceptors (Lipinski definition) is 1. The standard InChI is InChI=1S/C10H13FO/c1-3-8-5-10(11)7(2)4-9(8)6-12/h4-5,12H,3,6H2,1-2H3. The Morgan fingerprint density at radius 1 is 1.33 bits per heavy atom. The highest BCUT2D eigenvalue weighted by Crippen LogP contribution is 2.15. The fourth-order valence-corrected chi connectivity index (χ4v) is 1.26. The Bertz CT molecular complexity index is 252. The monoisotopic (exact) mass is 168 g/mol. The Hall–Kier alpha value is -0.890. The molecule has 0 unspecified atom stereocenters. The topological polar surface area (TPSA) is 20.2 Å². The van der Waals surface area contributed by atoms with Crippen molar-refractivity contribution in [2.75, 3.05) is 0 Å². The van der Waals surface area contributed by atoms with Crippen molar-refractivity contribution < 1.29 is 9.50 Å². The molecule has 0 heterocycles. The summed E-state index contributed by atoms with van der Waals surface area (Å²) in [6.45, 7) is 3.64. The second-order valence-electron chi connectivity index (χ2n) is 2.88. The van der Waals surface area contributed by atoms with Crippen molar-refractivity contribution in [3.8, 4) is 0 Å². The first kappa shape index (κ1) is 9.20. The molecule has 66 valence electrons. The first-order valence-electron chi connectivity index (χ1n) is 4.07. The van der Waals surface area contributed by atoms with E-state index in [4.69, 9.17) is 5.11 Å². The highest BCUT2D eigenvalue weighted by molar-refractivity contribution is 5.32. The predicted molar refractivity (Wildman–Crippen MR) is 46.4 cm³/mol. The third-order valence-electron chi connectivity index (χ3n) is 2.03. The molecular formula is C10H13FO. The van der Waals surface area contributed by atoms with E-state index in [9.17, 15) is 4.39 Å². The van der Waals surface area contributed by atoms with Crippen LogP contribution < -0.4 is 0 Å². The zero-order chi connectivity index (χ0) is 9.14. The molecule has 0 spiro atoms. The van der Waals surface area contributed by atoms with E-state index in [1.165, 1.54) is 6.07 Å². The van der Waals surface area contributed by atoms with Crippen LogP contribution in [0, 0.1) is 12.7 Å². The summed E-state index contributed by atoms with van der Waals surface area (Å²) in [6.07, 6.45) is 0.757. The van der Waals surface area contributed by atoms with E-state index in [2.05, 4.69) is 0 Å². The molecule has 1 aromatic rings. The molecule has 0 aliphatic carbocycles. The van der Waals surface area contributed by atoms with Gasteiger partial charge in [0.15, 0.2) is 0 Å². The Morgan fingerprint density at radius 3 is 2.50 bits per heavy atom. The first-order chi connectivity index (χ1) is 5.69. The van der Waals surface area contributed by atoms with Crippen LogP contribution in [-0.2, 0) is 13.0 Å². The molecule has 12 heavy (non-hydrogen) atoms. The van der Waals surface area contributed by atoms with Gasteiger partial charge in [0.1, 0.15) is 5.82 Å². The lowest BCUT2D eigenvalue weighted by Gasteiger charge is -2.06. The fourth-order valence-electron chi connectivity index (χ4n) is 1.26. The van der Waals surface area contributed by atoms with E-state index >= 15 is 0 Å².